The molecule has 0 aliphatic rings. The van der Waals surface area contributed by atoms with Gasteiger partial charge in [0, 0.05) is 28.2 Å². The van der Waals surface area contributed by atoms with E-state index in [-0.39, 0.29) is 0 Å². The van der Waals surface area contributed by atoms with E-state index in [1.807, 2.05) is 43.3 Å². The topological polar surface area (TPSA) is 63.6 Å². The van der Waals surface area contributed by atoms with E-state index in [9.17, 15) is 0 Å². The molecule has 4 rings (SSSR count). The lowest BCUT2D eigenvalue weighted by Crippen LogP contribution is -2.04. The van der Waals surface area contributed by atoms with Crippen LogP contribution in [-0.4, -0.2) is 19.9 Å². The average molecular weight is 347 g/mol. The summed E-state index contributed by atoms with van der Waals surface area (Å²) in [7, 11) is 0. The number of hydrogen-bond acceptors (Lipinski definition) is 6. The lowest BCUT2D eigenvalue weighted by atomic mass is 10.2. The van der Waals surface area contributed by atoms with E-state index in [1.165, 1.54) is 4.88 Å². The number of anilines is 1. The van der Waals surface area contributed by atoms with E-state index in [4.69, 9.17) is 4.98 Å². The molecule has 124 valence electrons. The van der Waals surface area contributed by atoms with Crippen molar-refractivity contribution in [3.8, 4) is 11.4 Å². The third kappa shape index (κ3) is 3.21. The Labute approximate surface area is 149 Å². The fraction of sp³-hybridized carbons (Fsp3) is 0.158. The van der Waals surface area contributed by atoms with Gasteiger partial charge in [0.05, 0.1) is 17.8 Å². The van der Waals surface area contributed by atoms with Crippen LogP contribution in [0.5, 0.6) is 0 Å². The van der Waals surface area contributed by atoms with Gasteiger partial charge in [0.2, 0.25) is 0 Å². The number of rotatable bonds is 4. The molecule has 0 aliphatic heterocycles. The van der Waals surface area contributed by atoms with Crippen LogP contribution in [0.25, 0.3) is 22.3 Å². The third-order valence-electron chi connectivity index (χ3n) is 4.00. The van der Waals surface area contributed by atoms with Crippen LogP contribution in [0.15, 0.2) is 48.8 Å². The largest absolute Gasteiger partial charge is 0.363 e. The summed E-state index contributed by atoms with van der Waals surface area (Å²) in [5.74, 6) is 1.48. The van der Waals surface area contributed by atoms with Gasteiger partial charge in [-0.05, 0) is 38.1 Å². The smallest absolute Gasteiger partial charge is 0.163 e. The molecular weight excluding hydrogens is 330 g/mol. The number of fused-ring (bicyclic) bond motifs is 1. The van der Waals surface area contributed by atoms with Crippen LogP contribution in [0.2, 0.25) is 0 Å². The molecule has 3 heterocycles. The van der Waals surface area contributed by atoms with E-state index in [2.05, 4.69) is 27.2 Å². The van der Waals surface area contributed by atoms with Gasteiger partial charge in [0.25, 0.3) is 0 Å². The van der Waals surface area contributed by atoms with Crippen molar-refractivity contribution < 1.29 is 0 Å². The molecule has 0 spiro atoms. The standard InChI is InChI=1S/C19H17N5S/c1-12-13(2)25-17(22-12)11-21-19-15-7-3-4-8-16(15)23-18(24-19)14-6-5-9-20-10-14/h3-10H,11H2,1-2H3,(H,21,23,24). The maximum absolute atomic E-state index is 4.73. The van der Waals surface area contributed by atoms with Crippen molar-refractivity contribution in [3.63, 3.8) is 0 Å². The monoisotopic (exact) mass is 347 g/mol. The molecular formula is C19H17N5S. The molecule has 1 aromatic carbocycles. The van der Waals surface area contributed by atoms with Crippen LogP contribution in [-0.2, 0) is 6.54 Å². The Bertz CT molecular complexity index is 1010. The first-order chi connectivity index (χ1) is 12.2. The Balaban J connectivity index is 1.73. The number of aryl methyl sites for hydroxylation is 2. The second kappa shape index (κ2) is 6.57. The van der Waals surface area contributed by atoms with Crippen LogP contribution >= 0.6 is 11.3 Å². The summed E-state index contributed by atoms with van der Waals surface area (Å²) < 4.78 is 0. The highest BCUT2D eigenvalue weighted by molar-refractivity contribution is 7.11. The number of nitrogens with zero attached hydrogens (tertiary/aromatic N) is 4. The molecule has 0 unspecified atom stereocenters. The zero-order chi connectivity index (χ0) is 17.2. The maximum atomic E-state index is 4.73. The van der Waals surface area contributed by atoms with Gasteiger partial charge in [-0.2, -0.15) is 0 Å². The molecule has 0 fully saturated rings. The van der Waals surface area contributed by atoms with E-state index in [1.54, 1.807) is 23.7 Å². The Morgan fingerprint density at radius 1 is 1.00 bits per heavy atom. The minimum absolute atomic E-state index is 0.646. The molecule has 25 heavy (non-hydrogen) atoms. The van der Waals surface area contributed by atoms with E-state index in [0.29, 0.717) is 12.4 Å². The van der Waals surface area contributed by atoms with Gasteiger partial charge in [-0.3, -0.25) is 4.98 Å². The lowest BCUT2D eigenvalue weighted by Gasteiger charge is -2.10. The fourth-order valence-corrected chi connectivity index (χ4v) is 3.48. The van der Waals surface area contributed by atoms with Gasteiger partial charge in [-0.1, -0.05) is 12.1 Å². The quantitative estimate of drug-likeness (QED) is 0.593. The molecule has 0 saturated carbocycles. The minimum Gasteiger partial charge on any atom is -0.363 e. The first kappa shape index (κ1) is 15.7. The first-order valence-corrected chi connectivity index (χ1v) is 8.86. The van der Waals surface area contributed by atoms with Gasteiger partial charge in [-0.15, -0.1) is 11.3 Å². The maximum Gasteiger partial charge on any atom is 0.163 e. The first-order valence-electron chi connectivity index (χ1n) is 8.04. The predicted octanol–water partition coefficient (Wildman–Crippen LogP) is 4.38. The Hall–Kier alpha value is -2.86. The molecule has 0 aliphatic carbocycles. The Morgan fingerprint density at radius 2 is 1.88 bits per heavy atom. The zero-order valence-electron chi connectivity index (χ0n) is 14.0. The number of pyridine rings is 1. The van der Waals surface area contributed by atoms with Gasteiger partial charge in [0.1, 0.15) is 10.8 Å². The van der Waals surface area contributed by atoms with Crippen molar-refractivity contribution in [1.82, 2.24) is 19.9 Å². The van der Waals surface area contributed by atoms with Crippen molar-refractivity contribution >= 4 is 28.1 Å². The van der Waals surface area contributed by atoms with Crippen molar-refractivity contribution in [2.75, 3.05) is 5.32 Å². The van der Waals surface area contributed by atoms with Crippen molar-refractivity contribution in [2.24, 2.45) is 0 Å². The Morgan fingerprint density at radius 3 is 2.64 bits per heavy atom. The number of benzene rings is 1. The summed E-state index contributed by atoms with van der Waals surface area (Å²) in [6.45, 7) is 4.78. The zero-order valence-corrected chi connectivity index (χ0v) is 14.8. The molecule has 3 aromatic heterocycles. The van der Waals surface area contributed by atoms with E-state index >= 15 is 0 Å². The highest BCUT2D eigenvalue weighted by Gasteiger charge is 2.10. The SMILES string of the molecule is Cc1nc(CNc2nc(-c3cccnc3)nc3ccccc23)sc1C. The molecule has 0 bridgehead atoms. The number of aromatic nitrogens is 4. The molecule has 5 nitrogen and oxygen atoms in total. The van der Waals surface area contributed by atoms with Crippen molar-refractivity contribution in [3.05, 3.63) is 64.4 Å². The molecule has 6 heteroatoms. The molecule has 0 radical (unpaired) electrons. The van der Waals surface area contributed by atoms with Gasteiger partial charge in [0.15, 0.2) is 5.82 Å². The fourth-order valence-electron chi connectivity index (χ4n) is 2.61. The summed E-state index contributed by atoms with van der Waals surface area (Å²) in [6.07, 6.45) is 3.53. The molecule has 4 aromatic rings. The van der Waals surface area contributed by atoms with Gasteiger partial charge in [-0.25, -0.2) is 15.0 Å². The summed E-state index contributed by atoms with van der Waals surface area (Å²) in [5, 5.41) is 5.49. The molecule has 1 N–H and O–H groups in total. The number of hydrogen-bond donors (Lipinski definition) is 1. The number of nitrogens with one attached hydrogen (secondary N) is 1. The predicted molar refractivity (Wildman–Crippen MR) is 102 cm³/mol. The van der Waals surface area contributed by atoms with Crippen molar-refractivity contribution in [1.29, 1.82) is 0 Å². The number of para-hydroxylation sites is 1. The second-order valence-corrected chi connectivity index (χ2v) is 7.05. The highest BCUT2D eigenvalue weighted by Crippen LogP contribution is 2.25. The third-order valence-corrected chi connectivity index (χ3v) is 5.08. The Kier molecular flexibility index (Phi) is 4.11. The normalized spacial score (nSPS) is 11.0. The van der Waals surface area contributed by atoms with Crippen LogP contribution in [0.1, 0.15) is 15.6 Å². The summed E-state index contributed by atoms with van der Waals surface area (Å²) in [4.78, 5) is 19.4. The lowest BCUT2D eigenvalue weighted by molar-refractivity contribution is 1.05. The molecule has 0 atom stereocenters. The van der Waals surface area contributed by atoms with E-state index in [0.717, 1.165) is 33.0 Å². The minimum atomic E-state index is 0.646. The highest BCUT2D eigenvalue weighted by atomic mass is 32.1. The van der Waals surface area contributed by atoms with Crippen molar-refractivity contribution in [2.45, 2.75) is 20.4 Å². The molecule has 0 amide bonds. The average Bonchev–Trinajstić information content (AvgIpc) is 2.98. The number of thiazole rings is 1. The summed E-state index contributed by atoms with van der Waals surface area (Å²) >= 11 is 1.71. The summed E-state index contributed by atoms with van der Waals surface area (Å²) in [6, 6.07) is 11.9. The van der Waals surface area contributed by atoms with Crippen LogP contribution in [0.3, 0.4) is 0 Å². The summed E-state index contributed by atoms with van der Waals surface area (Å²) in [5.41, 5.74) is 2.90. The van der Waals surface area contributed by atoms with E-state index < -0.39 is 0 Å². The van der Waals surface area contributed by atoms with Crippen LogP contribution in [0.4, 0.5) is 5.82 Å². The molecule has 0 saturated heterocycles. The van der Waals surface area contributed by atoms with Crippen LogP contribution in [0, 0.1) is 13.8 Å². The van der Waals surface area contributed by atoms with Gasteiger partial charge >= 0.3 is 0 Å². The van der Waals surface area contributed by atoms with Gasteiger partial charge < -0.3 is 5.32 Å². The second-order valence-electron chi connectivity index (χ2n) is 5.76. The van der Waals surface area contributed by atoms with Crippen LogP contribution < -0.4 is 5.32 Å².